The van der Waals surface area contributed by atoms with E-state index in [-0.39, 0.29) is 16.9 Å². The number of aliphatic carboxylic acids is 1. The minimum Gasteiger partial charge on any atom is -0.479 e. The van der Waals surface area contributed by atoms with Crippen molar-refractivity contribution in [3.05, 3.63) is 0 Å². The lowest BCUT2D eigenvalue weighted by Gasteiger charge is -2.72. The summed E-state index contributed by atoms with van der Waals surface area (Å²) in [5.74, 6) is -0.755. The van der Waals surface area contributed by atoms with Crippen LogP contribution < -0.4 is 0 Å². The standard InChI is InChI=1S/C16H28N2O3/c1-4-6-15-8-17-10-16(7-5-2,12(15)19)11-18(9-15)14(17,3)13(20)21/h12,19H,4-11H2,1-3H3,(H,20,21). The number of piperidine rings is 2. The minimum atomic E-state index is -0.894. The lowest BCUT2D eigenvalue weighted by Crippen LogP contribution is -2.85. The Kier molecular flexibility index (Phi) is 3.39. The first-order valence-electron chi connectivity index (χ1n) is 8.26. The summed E-state index contributed by atoms with van der Waals surface area (Å²) in [4.78, 5) is 16.1. The largest absolute Gasteiger partial charge is 0.479 e. The number of aliphatic hydroxyl groups excluding tert-OH is 1. The predicted molar refractivity (Wildman–Crippen MR) is 79.9 cm³/mol. The molecule has 4 saturated heterocycles. The predicted octanol–water partition coefficient (Wildman–Crippen LogP) is 1.37. The highest BCUT2D eigenvalue weighted by molar-refractivity contribution is 5.78. The molecular formula is C16H28N2O3. The third-order valence-corrected chi connectivity index (χ3v) is 6.32. The Bertz CT molecular complexity index is 409. The number of aliphatic hydroxyl groups is 1. The van der Waals surface area contributed by atoms with E-state index in [1.54, 1.807) is 0 Å². The summed E-state index contributed by atoms with van der Waals surface area (Å²) in [5.41, 5.74) is -1.18. The molecule has 4 aliphatic heterocycles. The van der Waals surface area contributed by atoms with Gasteiger partial charge in [-0.2, -0.15) is 0 Å². The SMILES string of the molecule is CCCC12CN3CC(CCC)(CN(C1)C3(C)C(=O)O)C2O. The molecule has 5 heteroatoms. The van der Waals surface area contributed by atoms with Gasteiger partial charge < -0.3 is 10.2 Å². The van der Waals surface area contributed by atoms with Gasteiger partial charge in [0.2, 0.25) is 0 Å². The molecule has 0 saturated carbocycles. The highest BCUT2D eigenvalue weighted by Gasteiger charge is 2.69. The van der Waals surface area contributed by atoms with Gasteiger partial charge in [0.05, 0.1) is 6.10 Å². The number of carboxylic acid groups (broad SMARTS) is 1. The molecule has 5 nitrogen and oxygen atoms in total. The smallest absolute Gasteiger partial charge is 0.339 e. The molecule has 4 fully saturated rings. The summed E-state index contributed by atoms with van der Waals surface area (Å²) >= 11 is 0. The zero-order valence-electron chi connectivity index (χ0n) is 13.4. The topological polar surface area (TPSA) is 64.0 Å². The average molecular weight is 296 g/mol. The van der Waals surface area contributed by atoms with E-state index < -0.39 is 11.6 Å². The molecule has 0 radical (unpaired) electrons. The molecule has 4 rings (SSSR count). The molecule has 120 valence electrons. The lowest BCUT2D eigenvalue weighted by molar-refractivity contribution is -0.292. The van der Waals surface area contributed by atoms with Crippen molar-refractivity contribution >= 4 is 5.97 Å². The van der Waals surface area contributed by atoms with E-state index in [2.05, 4.69) is 23.6 Å². The van der Waals surface area contributed by atoms with Gasteiger partial charge in [0, 0.05) is 37.0 Å². The van der Waals surface area contributed by atoms with E-state index in [1.165, 1.54) is 0 Å². The Balaban J connectivity index is 2.03. The molecule has 0 unspecified atom stereocenters. The summed E-state index contributed by atoms with van der Waals surface area (Å²) in [6, 6.07) is 0. The van der Waals surface area contributed by atoms with Gasteiger partial charge in [-0.3, -0.25) is 9.80 Å². The van der Waals surface area contributed by atoms with Crippen LogP contribution in [-0.4, -0.2) is 63.9 Å². The van der Waals surface area contributed by atoms with E-state index in [9.17, 15) is 15.0 Å². The van der Waals surface area contributed by atoms with Gasteiger partial charge in [0.25, 0.3) is 0 Å². The summed E-state index contributed by atoms with van der Waals surface area (Å²) in [7, 11) is 0. The van der Waals surface area contributed by atoms with Crippen LogP contribution in [0.4, 0.5) is 0 Å². The molecule has 0 spiro atoms. The van der Waals surface area contributed by atoms with E-state index in [1.807, 2.05) is 6.92 Å². The first-order valence-corrected chi connectivity index (χ1v) is 8.26. The number of rotatable bonds is 5. The van der Waals surface area contributed by atoms with Crippen molar-refractivity contribution in [1.29, 1.82) is 0 Å². The van der Waals surface area contributed by atoms with Gasteiger partial charge in [-0.15, -0.1) is 0 Å². The Labute approximate surface area is 126 Å². The summed E-state index contributed by atoms with van der Waals surface area (Å²) in [5, 5.41) is 20.9. The van der Waals surface area contributed by atoms with Crippen molar-refractivity contribution in [3.63, 3.8) is 0 Å². The molecule has 0 aliphatic carbocycles. The van der Waals surface area contributed by atoms with Crippen LogP contribution in [0.1, 0.15) is 46.5 Å². The molecule has 2 N–H and O–H groups in total. The summed E-state index contributed by atoms with van der Waals surface area (Å²) in [6.45, 7) is 9.00. The Morgan fingerprint density at radius 2 is 1.43 bits per heavy atom. The summed E-state index contributed by atoms with van der Waals surface area (Å²) in [6.07, 6.45) is 3.72. The Morgan fingerprint density at radius 3 is 1.71 bits per heavy atom. The summed E-state index contributed by atoms with van der Waals surface area (Å²) < 4.78 is 0. The quantitative estimate of drug-likeness (QED) is 0.802. The zero-order chi connectivity index (χ0) is 15.5. The van der Waals surface area contributed by atoms with Crippen LogP contribution in [0, 0.1) is 10.8 Å². The maximum Gasteiger partial charge on any atom is 0.339 e. The van der Waals surface area contributed by atoms with Gasteiger partial charge >= 0.3 is 5.97 Å². The van der Waals surface area contributed by atoms with Crippen LogP contribution >= 0.6 is 0 Å². The van der Waals surface area contributed by atoms with Crippen molar-refractivity contribution in [2.45, 2.75) is 58.2 Å². The molecule has 0 aromatic heterocycles. The number of hydrogen-bond donors (Lipinski definition) is 2. The number of hydrogen-bond acceptors (Lipinski definition) is 4. The Morgan fingerprint density at radius 1 is 1.05 bits per heavy atom. The van der Waals surface area contributed by atoms with Crippen molar-refractivity contribution in [2.24, 2.45) is 10.8 Å². The van der Waals surface area contributed by atoms with Crippen LogP contribution in [0.3, 0.4) is 0 Å². The van der Waals surface area contributed by atoms with Crippen LogP contribution in [0.15, 0.2) is 0 Å². The second-order valence-corrected chi connectivity index (χ2v) is 7.67. The average Bonchev–Trinajstić information content (AvgIpc) is 2.40. The molecule has 21 heavy (non-hydrogen) atoms. The second-order valence-electron chi connectivity index (χ2n) is 7.67. The van der Waals surface area contributed by atoms with E-state index in [0.29, 0.717) is 26.2 Å². The highest BCUT2D eigenvalue weighted by Crippen LogP contribution is 2.57. The molecule has 0 atom stereocenters. The van der Waals surface area contributed by atoms with Crippen molar-refractivity contribution < 1.29 is 15.0 Å². The highest BCUT2D eigenvalue weighted by atomic mass is 16.4. The molecule has 0 aromatic carbocycles. The van der Waals surface area contributed by atoms with Crippen molar-refractivity contribution in [2.75, 3.05) is 26.2 Å². The Hall–Kier alpha value is -0.650. The van der Waals surface area contributed by atoms with Gasteiger partial charge in [0.15, 0.2) is 5.66 Å². The minimum absolute atomic E-state index is 0.143. The number of carboxylic acids is 1. The van der Waals surface area contributed by atoms with Gasteiger partial charge in [-0.1, -0.05) is 26.7 Å². The van der Waals surface area contributed by atoms with E-state index in [4.69, 9.17) is 0 Å². The van der Waals surface area contributed by atoms with E-state index >= 15 is 0 Å². The van der Waals surface area contributed by atoms with Crippen molar-refractivity contribution in [1.82, 2.24) is 9.80 Å². The third-order valence-electron chi connectivity index (χ3n) is 6.32. The lowest BCUT2D eigenvalue weighted by atomic mass is 9.55. The maximum atomic E-state index is 11.9. The fourth-order valence-electron chi connectivity index (χ4n) is 5.40. The maximum absolute atomic E-state index is 11.9. The van der Waals surface area contributed by atoms with Crippen molar-refractivity contribution in [3.8, 4) is 0 Å². The second kappa shape index (κ2) is 4.67. The van der Waals surface area contributed by atoms with Gasteiger partial charge in [-0.25, -0.2) is 4.79 Å². The molecule has 4 aliphatic rings. The third kappa shape index (κ3) is 1.77. The zero-order valence-corrected chi connectivity index (χ0v) is 13.4. The van der Waals surface area contributed by atoms with Crippen LogP contribution in [0.5, 0.6) is 0 Å². The molecule has 0 amide bonds. The molecule has 0 aromatic rings. The van der Waals surface area contributed by atoms with Crippen LogP contribution in [0.2, 0.25) is 0 Å². The monoisotopic (exact) mass is 296 g/mol. The first-order chi connectivity index (χ1) is 9.84. The fraction of sp³-hybridized carbons (Fsp3) is 0.938. The van der Waals surface area contributed by atoms with Crippen LogP contribution in [-0.2, 0) is 4.79 Å². The number of carbonyl (C=O) groups is 1. The number of nitrogens with zero attached hydrogens (tertiary/aromatic N) is 2. The first kappa shape index (κ1) is 15.3. The fourth-order valence-corrected chi connectivity index (χ4v) is 5.40. The molecular weight excluding hydrogens is 268 g/mol. The van der Waals surface area contributed by atoms with Gasteiger partial charge in [0.1, 0.15) is 0 Å². The molecule has 4 heterocycles. The molecule has 4 bridgehead atoms. The van der Waals surface area contributed by atoms with Crippen LogP contribution in [0.25, 0.3) is 0 Å². The van der Waals surface area contributed by atoms with E-state index in [0.717, 1.165) is 25.7 Å². The normalized spacial score (nSPS) is 51.3. The van der Waals surface area contributed by atoms with Gasteiger partial charge in [-0.05, 0) is 19.8 Å².